The molecular formula is C33H32FN7O2S. The third-order valence-electron chi connectivity index (χ3n) is 8.82. The van der Waals surface area contributed by atoms with Gasteiger partial charge >= 0.3 is 0 Å². The third-order valence-corrected chi connectivity index (χ3v) is 9.95. The highest BCUT2D eigenvalue weighted by atomic mass is 32.2. The van der Waals surface area contributed by atoms with Crippen LogP contribution in [0.15, 0.2) is 65.8 Å². The normalized spacial score (nSPS) is 16.3. The molecule has 2 fully saturated rings. The number of rotatable bonds is 8. The number of aryl methyl sites for hydroxylation is 1. The van der Waals surface area contributed by atoms with Crippen LogP contribution in [0.4, 0.5) is 4.39 Å². The summed E-state index contributed by atoms with van der Waals surface area (Å²) in [5, 5.41) is 11.2. The highest BCUT2D eigenvalue weighted by Crippen LogP contribution is 2.49. The van der Waals surface area contributed by atoms with E-state index < -0.39 is 16.0 Å². The molecule has 0 N–H and O–H groups in total. The van der Waals surface area contributed by atoms with Crippen LogP contribution in [0, 0.1) is 0 Å². The van der Waals surface area contributed by atoms with Crippen molar-refractivity contribution in [3.8, 4) is 22.6 Å². The fraction of sp³-hybridized carbons (Fsp3) is 0.333. The fourth-order valence-electron chi connectivity index (χ4n) is 6.29. The van der Waals surface area contributed by atoms with E-state index in [2.05, 4.69) is 28.8 Å². The van der Waals surface area contributed by atoms with Crippen molar-refractivity contribution in [2.24, 2.45) is 14.1 Å². The highest BCUT2D eigenvalue weighted by molar-refractivity contribution is 7.90. The summed E-state index contributed by atoms with van der Waals surface area (Å²) < 4.78 is 44.7. The molecule has 2 aliphatic carbocycles. The first-order valence-electron chi connectivity index (χ1n) is 15.0. The van der Waals surface area contributed by atoms with Crippen molar-refractivity contribution < 1.29 is 12.8 Å². The van der Waals surface area contributed by atoms with Gasteiger partial charge in [0.1, 0.15) is 12.0 Å². The number of imidazole rings is 1. The minimum atomic E-state index is -3.34. The molecule has 0 saturated heterocycles. The van der Waals surface area contributed by atoms with Crippen LogP contribution < -0.4 is 0 Å². The van der Waals surface area contributed by atoms with Crippen molar-refractivity contribution in [2.45, 2.75) is 55.1 Å². The van der Waals surface area contributed by atoms with E-state index in [0.717, 1.165) is 82.2 Å². The summed E-state index contributed by atoms with van der Waals surface area (Å²) in [5.74, 6) is 1.78. The first-order chi connectivity index (χ1) is 21.1. The van der Waals surface area contributed by atoms with Crippen LogP contribution in [-0.2, 0) is 30.5 Å². The molecule has 0 aliphatic heterocycles. The maximum absolute atomic E-state index is 15.4. The Balaban J connectivity index is 1.19. The van der Waals surface area contributed by atoms with Gasteiger partial charge in [-0.05, 0) is 55.5 Å². The number of aromatic nitrogens is 7. The number of alkyl halides is 1. The molecule has 8 rings (SSSR count). The quantitative estimate of drug-likeness (QED) is 0.202. The van der Waals surface area contributed by atoms with Gasteiger partial charge in [0.25, 0.3) is 0 Å². The van der Waals surface area contributed by atoms with Gasteiger partial charge in [0, 0.05) is 72.2 Å². The summed E-state index contributed by atoms with van der Waals surface area (Å²) in [7, 11) is 0.682. The van der Waals surface area contributed by atoms with Gasteiger partial charge in [0.15, 0.2) is 15.5 Å². The number of nitrogens with zero attached hydrogens (tertiary/aromatic N) is 7. The lowest BCUT2D eigenvalue weighted by Crippen LogP contribution is -2.06. The topological polar surface area (TPSA) is 100 Å². The standard InChI is InChI=1S/C33H32FN7O2S/c1-39-16-22-15-25(29(20-7-8-20)35-32(22)38-39)33-36-30(31(40(33)2)21-9-10-21)24-5-4-6-28-26(24)17-41(37-28)18-27(34)19-11-13-23(14-12-19)44(3,42)43/h4-6,11-17,20-21,27H,7-10,18H2,1-3H3/t27-/m1/s1. The zero-order chi connectivity index (χ0) is 30.3. The predicted molar refractivity (Wildman–Crippen MR) is 167 cm³/mol. The second-order valence-corrected chi connectivity index (χ2v) is 14.3. The lowest BCUT2D eigenvalue weighted by molar-refractivity contribution is 0.293. The average Bonchev–Trinajstić information content (AvgIpc) is 3.91. The van der Waals surface area contributed by atoms with Crippen molar-refractivity contribution in [1.29, 1.82) is 0 Å². The Hall–Kier alpha value is -4.38. The Kier molecular flexibility index (Phi) is 6.07. The van der Waals surface area contributed by atoms with Gasteiger partial charge in [-0.3, -0.25) is 9.36 Å². The number of halogens is 1. The molecule has 2 aliphatic rings. The molecule has 11 heteroatoms. The molecule has 6 aromatic rings. The van der Waals surface area contributed by atoms with E-state index >= 15 is 4.39 Å². The molecule has 0 spiro atoms. The molecule has 0 radical (unpaired) electrons. The van der Waals surface area contributed by atoms with Crippen molar-refractivity contribution in [3.05, 3.63) is 77.9 Å². The van der Waals surface area contributed by atoms with Crippen LogP contribution in [0.25, 0.3) is 44.6 Å². The van der Waals surface area contributed by atoms with Gasteiger partial charge in [0.2, 0.25) is 0 Å². The second-order valence-electron chi connectivity index (χ2n) is 12.3. The summed E-state index contributed by atoms with van der Waals surface area (Å²) in [5.41, 5.74) is 7.22. The molecule has 2 aromatic carbocycles. The summed E-state index contributed by atoms with van der Waals surface area (Å²) in [4.78, 5) is 10.5. The van der Waals surface area contributed by atoms with Crippen LogP contribution in [0.2, 0.25) is 0 Å². The van der Waals surface area contributed by atoms with Gasteiger partial charge in [-0.15, -0.1) is 0 Å². The van der Waals surface area contributed by atoms with E-state index in [1.807, 2.05) is 36.3 Å². The number of benzene rings is 2. The van der Waals surface area contributed by atoms with Gasteiger partial charge in [-0.1, -0.05) is 24.3 Å². The SMILES string of the molecule is Cn1cc2cc(-c3nc(-c4cccc5nn(C[C@@H](F)c6ccc(S(C)(=O)=O)cc6)cc45)c(C4CC4)n3C)c(C3CC3)nc2n1. The van der Waals surface area contributed by atoms with Crippen molar-refractivity contribution in [1.82, 2.24) is 34.1 Å². The molecule has 4 aromatic heterocycles. The molecular weight excluding hydrogens is 577 g/mol. The zero-order valence-corrected chi connectivity index (χ0v) is 25.6. The first-order valence-corrected chi connectivity index (χ1v) is 16.8. The van der Waals surface area contributed by atoms with Crippen LogP contribution in [0.3, 0.4) is 0 Å². The Morgan fingerprint density at radius 3 is 2.39 bits per heavy atom. The minimum absolute atomic E-state index is 0.0107. The fourth-order valence-corrected chi connectivity index (χ4v) is 6.92. The maximum atomic E-state index is 15.4. The van der Waals surface area contributed by atoms with E-state index in [1.165, 1.54) is 30.0 Å². The van der Waals surface area contributed by atoms with Crippen LogP contribution in [0.1, 0.15) is 60.6 Å². The van der Waals surface area contributed by atoms with E-state index in [-0.39, 0.29) is 11.4 Å². The summed E-state index contributed by atoms with van der Waals surface area (Å²) in [6.45, 7) is 0.0107. The summed E-state index contributed by atoms with van der Waals surface area (Å²) >= 11 is 0. The largest absolute Gasteiger partial charge is 0.330 e. The lowest BCUT2D eigenvalue weighted by atomic mass is 10.0. The number of sulfone groups is 1. The average molecular weight is 610 g/mol. The van der Waals surface area contributed by atoms with E-state index in [9.17, 15) is 8.42 Å². The molecule has 224 valence electrons. The predicted octanol–water partition coefficient (Wildman–Crippen LogP) is 6.25. The van der Waals surface area contributed by atoms with E-state index in [4.69, 9.17) is 15.1 Å². The van der Waals surface area contributed by atoms with E-state index in [1.54, 1.807) is 4.68 Å². The monoisotopic (exact) mass is 609 g/mol. The van der Waals surface area contributed by atoms with Crippen LogP contribution >= 0.6 is 0 Å². The molecule has 1 atom stereocenters. The molecule has 0 amide bonds. The molecule has 4 heterocycles. The number of hydrogen-bond acceptors (Lipinski definition) is 6. The van der Waals surface area contributed by atoms with Crippen molar-refractivity contribution in [3.63, 3.8) is 0 Å². The summed E-state index contributed by atoms with van der Waals surface area (Å²) in [6.07, 6.45) is 8.19. The molecule has 2 saturated carbocycles. The highest BCUT2D eigenvalue weighted by Gasteiger charge is 2.35. The third kappa shape index (κ3) is 4.70. The van der Waals surface area contributed by atoms with Crippen molar-refractivity contribution >= 4 is 31.8 Å². The van der Waals surface area contributed by atoms with Gasteiger partial charge < -0.3 is 4.57 Å². The number of hydrogen-bond donors (Lipinski definition) is 0. The maximum Gasteiger partial charge on any atom is 0.181 e. The summed E-state index contributed by atoms with van der Waals surface area (Å²) in [6, 6.07) is 14.1. The van der Waals surface area contributed by atoms with Gasteiger partial charge in [0.05, 0.1) is 28.3 Å². The Bertz CT molecular complexity index is 2190. The Labute approximate surface area is 254 Å². The Morgan fingerprint density at radius 2 is 1.68 bits per heavy atom. The Morgan fingerprint density at radius 1 is 0.932 bits per heavy atom. The number of fused-ring (bicyclic) bond motifs is 2. The van der Waals surface area contributed by atoms with Crippen molar-refractivity contribution in [2.75, 3.05) is 6.26 Å². The molecule has 0 unspecified atom stereocenters. The number of pyridine rings is 1. The van der Waals surface area contributed by atoms with Gasteiger partial charge in [-0.2, -0.15) is 10.2 Å². The lowest BCUT2D eigenvalue weighted by Gasteiger charge is -2.10. The second kappa shape index (κ2) is 9.82. The first kappa shape index (κ1) is 27.2. The molecule has 0 bridgehead atoms. The zero-order valence-electron chi connectivity index (χ0n) is 24.8. The minimum Gasteiger partial charge on any atom is -0.330 e. The smallest absolute Gasteiger partial charge is 0.181 e. The molecule has 44 heavy (non-hydrogen) atoms. The van der Waals surface area contributed by atoms with Gasteiger partial charge in [-0.25, -0.2) is 22.8 Å². The van der Waals surface area contributed by atoms with Crippen LogP contribution in [0.5, 0.6) is 0 Å². The van der Waals surface area contributed by atoms with E-state index in [0.29, 0.717) is 17.4 Å². The van der Waals surface area contributed by atoms with Crippen LogP contribution in [-0.4, -0.2) is 48.8 Å². The molecule has 9 nitrogen and oxygen atoms in total.